The van der Waals surface area contributed by atoms with Gasteiger partial charge in [0.15, 0.2) is 0 Å². The minimum atomic E-state index is -0.302. The van der Waals surface area contributed by atoms with Gasteiger partial charge in [-0.05, 0) is 37.8 Å². The van der Waals surface area contributed by atoms with Crippen LogP contribution in [0.25, 0.3) is 0 Å². The van der Waals surface area contributed by atoms with Gasteiger partial charge < -0.3 is 11.1 Å². The Bertz CT molecular complexity index is 476. The third kappa shape index (κ3) is 4.75. The highest BCUT2D eigenvalue weighted by Gasteiger charge is 2.28. The lowest BCUT2D eigenvalue weighted by molar-refractivity contribution is 0.0891. The molecular formula is C15H23ClN2O. The number of nitrogens with one attached hydrogen (secondary N) is 1. The molecule has 0 saturated heterocycles. The van der Waals surface area contributed by atoms with Crippen LogP contribution < -0.4 is 11.1 Å². The van der Waals surface area contributed by atoms with Crippen molar-refractivity contribution in [2.24, 2.45) is 5.41 Å². The van der Waals surface area contributed by atoms with Crippen molar-refractivity contribution in [2.45, 2.75) is 46.6 Å². The largest absolute Gasteiger partial charge is 0.398 e. The van der Waals surface area contributed by atoms with E-state index >= 15 is 0 Å². The van der Waals surface area contributed by atoms with Crippen LogP contribution in [0.3, 0.4) is 0 Å². The summed E-state index contributed by atoms with van der Waals surface area (Å²) in [7, 11) is 0. The van der Waals surface area contributed by atoms with E-state index in [-0.39, 0.29) is 16.9 Å². The molecule has 3 nitrogen and oxygen atoms in total. The molecule has 0 aliphatic rings. The standard InChI is InChI=1S/C15H23ClN2O/c1-14(2,3)9-15(4,5)18-13(19)10-7-6-8-11(17)12(10)16/h6-8H,9,17H2,1-5H3,(H,18,19). The van der Waals surface area contributed by atoms with Crippen LogP contribution in [0.4, 0.5) is 5.69 Å². The topological polar surface area (TPSA) is 55.1 Å². The van der Waals surface area contributed by atoms with E-state index in [0.29, 0.717) is 16.3 Å². The highest BCUT2D eigenvalue weighted by molar-refractivity contribution is 6.36. The monoisotopic (exact) mass is 282 g/mol. The van der Waals surface area contributed by atoms with Crippen molar-refractivity contribution < 1.29 is 4.79 Å². The Balaban J connectivity index is 2.88. The van der Waals surface area contributed by atoms with E-state index in [1.165, 1.54) is 0 Å². The van der Waals surface area contributed by atoms with E-state index < -0.39 is 0 Å². The molecular weight excluding hydrogens is 260 g/mol. The minimum Gasteiger partial charge on any atom is -0.398 e. The molecule has 1 aromatic carbocycles. The van der Waals surface area contributed by atoms with Crippen molar-refractivity contribution in [3.8, 4) is 0 Å². The van der Waals surface area contributed by atoms with Gasteiger partial charge in [0.25, 0.3) is 5.91 Å². The molecule has 0 heterocycles. The van der Waals surface area contributed by atoms with Gasteiger partial charge in [0.1, 0.15) is 0 Å². The average molecular weight is 283 g/mol. The Morgan fingerprint density at radius 1 is 1.26 bits per heavy atom. The predicted molar refractivity (Wildman–Crippen MR) is 81.5 cm³/mol. The van der Waals surface area contributed by atoms with Crippen LogP contribution in [0.2, 0.25) is 5.02 Å². The number of hydrogen-bond acceptors (Lipinski definition) is 2. The molecule has 0 aliphatic heterocycles. The van der Waals surface area contributed by atoms with Crippen molar-refractivity contribution in [3.05, 3.63) is 28.8 Å². The van der Waals surface area contributed by atoms with Crippen LogP contribution in [0.5, 0.6) is 0 Å². The summed E-state index contributed by atoms with van der Waals surface area (Å²) in [4.78, 5) is 12.3. The second-order valence-corrected chi connectivity index (χ2v) is 7.16. The van der Waals surface area contributed by atoms with Crippen LogP contribution in [0.15, 0.2) is 18.2 Å². The molecule has 0 saturated carbocycles. The van der Waals surface area contributed by atoms with Crippen molar-refractivity contribution in [1.29, 1.82) is 0 Å². The fourth-order valence-electron chi connectivity index (χ4n) is 2.47. The molecule has 0 radical (unpaired) electrons. The molecule has 0 aliphatic carbocycles. The van der Waals surface area contributed by atoms with Gasteiger partial charge >= 0.3 is 0 Å². The summed E-state index contributed by atoms with van der Waals surface area (Å²) < 4.78 is 0. The van der Waals surface area contributed by atoms with E-state index in [1.807, 2.05) is 13.8 Å². The number of halogens is 1. The van der Waals surface area contributed by atoms with E-state index in [0.717, 1.165) is 6.42 Å². The molecule has 1 rings (SSSR count). The third-order valence-electron chi connectivity index (χ3n) is 2.70. The molecule has 0 spiro atoms. The van der Waals surface area contributed by atoms with Gasteiger partial charge in [-0.25, -0.2) is 0 Å². The summed E-state index contributed by atoms with van der Waals surface area (Å²) in [6, 6.07) is 5.09. The zero-order valence-electron chi connectivity index (χ0n) is 12.3. The number of nitrogen functional groups attached to an aromatic ring is 1. The molecule has 19 heavy (non-hydrogen) atoms. The fraction of sp³-hybridized carbons (Fsp3) is 0.533. The lowest BCUT2D eigenvalue weighted by Gasteiger charge is -2.33. The van der Waals surface area contributed by atoms with Gasteiger partial charge in [-0.15, -0.1) is 0 Å². The van der Waals surface area contributed by atoms with Crippen LogP contribution in [-0.2, 0) is 0 Å². The summed E-state index contributed by atoms with van der Waals surface area (Å²) in [6.45, 7) is 10.5. The molecule has 1 amide bonds. The maximum absolute atomic E-state index is 12.3. The summed E-state index contributed by atoms with van der Waals surface area (Å²) in [6.07, 6.45) is 0.867. The Hall–Kier alpha value is -1.22. The molecule has 0 aromatic heterocycles. The Kier molecular flexibility index (Phi) is 4.51. The zero-order chi connectivity index (χ0) is 14.8. The lowest BCUT2D eigenvalue weighted by atomic mass is 9.81. The first-order chi connectivity index (χ1) is 8.52. The number of carbonyl (C=O) groups excluding carboxylic acids is 1. The first kappa shape index (κ1) is 15.8. The van der Waals surface area contributed by atoms with Crippen molar-refractivity contribution in [1.82, 2.24) is 5.32 Å². The third-order valence-corrected chi connectivity index (χ3v) is 3.12. The molecule has 0 bridgehead atoms. The summed E-state index contributed by atoms with van der Waals surface area (Å²) in [5.74, 6) is -0.188. The van der Waals surface area contributed by atoms with Gasteiger partial charge in [0, 0.05) is 5.54 Å². The van der Waals surface area contributed by atoms with E-state index in [9.17, 15) is 4.79 Å². The molecule has 0 fully saturated rings. The number of anilines is 1. The Morgan fingerprint density at radius 3 is 2.37 bits per heavy atom. The second-order valence-electron chi connectivity index (χ2n) is 6.78. The Labute approximate surface area is 120 Å². The fourth-order valence-corrected chi connectivity index (χ4v) is 2.68. The van der Waals surface area contributed by atoms with Crippen molar-refractivity contribution in [3.63, 3.8) is 0 Å². The number of rotatable bonds is 3. The first-order valence-electron chi connectivity index (χ1n) is 6.38. The maximum Gasteiger partial charge on any atom is 0.253 e. The SMILES string of the molecule is CC(C)(C)CC(C)(C)NC(=O)c1cccc(N)c1Cl. The van der Waals surface area contributed by atoms with E-state index in [1.54, 1.807) is 18.2 Å². The van der Waals surface area contributed by atoms with E-state index in [4.69, 9.17) is 17.3 Å². The predicted octanol–water partition coefficient (Wildman–Crippen LogP) is 3.87. The molecule has 1 aromatic rings. The number of carbonyl (C=O) groups is 1. The molecule has 106 valence electrons. The quantitative estimate of drug-likeness (QED) is 0.827. The zero-order valence-corrected chi connectivity index (χ0v) is 13.1. The average Bonchev–Trinajstić information content (AvgIpc) is 2.17. The lowest BCUT2D eigenvalue weighted by Crippen LogP contribution is -2.45. The van der Waals surface area contributed by atoms with Gasteiger partial charge in [-0.1, -0.05) is 38.4 Å². The van der Waals surface area contributed by atoms with Crippen molar-refractivity contribution >= 4 is 23.2 Å². The van der Waals surface area contributed by atoms with Crippen molar-refractivity contribution in [2.75, 3.05) is 5.73 Å². The van der Waals surface area contributed by atoms with E-state index in [2.05, 4.69) is 26.1 Å². The normalized spacial score (nSPS) is 12.3. The summed E-state index contributed by atoms with van der Waals surface area (Å²) in [5, 5.41) is 3.33. The molecule has 4 heteroatoms. The number of nitrogens with two attached hydrogens (primary N) is 1. The van der Waals surface area contributed by atoms with Gasteiger partial charge in [0.05, 0.1) is 16.3 Å². The van der Waals surface area contributed by atoms with Gasteiger partial charge in [-0.3, -0.25) is 4.79 Å². The second kappa shape index (κ2) is 5.41. The van der Waals surface area contributed by atoms with Crippen LogP contribution in [0, 0.1) is 5.41 Å². The minimum absolute atomic E-state index is 0.135. The summed E-state index contributed by atoms with van der Waals surface area (Å²) in [5.41, 5.74) is 6.38. The highest BCUT2D eigenvalue weighted by atomic mass is 35.5. The highest BCUT2D eigenvalue weighted by Crippen LogP contribution is 2.28. The molecule has 0 atom stereocenters. The molecule has 3 N–H and O–H groups in total. The van der Waals surface area contributed by atoms with Gasteiger partial charge in [0.2, 0.25) is 0 Å². The van der Waals surface area contributed by atoms with Gasteiger partial charge in [-0.2, -0.15) is 0 Å². The van der Waals surface area contributed by atoms with Crippen LogP contribution in [-0.4, -0.2) is 11.4 Å². The first-order valence-corrected chi connectivity index (χ1v) is 6.76. The van der Waals surface area contributed by atoms with Crippen LogP contribution in [0.1, 0.15) is 51.4 Å². The maximum atomic E-state index is 12.3. The smallest absolute Gasteiger partial charge is 0.253 e. The number of benzene rings is 1. The number of amides is 1. The summed E-state index contributed by atoms with van der Waals surface area (Å²) >= 11 is 6.06. The molecule has 0 unspecified atom stereocenters. The van der Waals surface area contributed by atoms with Crippen LogP contribution >= 0.6 is 11.6 Å². The number of hydrogen-bond donors (Lipinski definition) is 2. The Morgan fingerprint density at radius 2 is 1.84 bits per heavy atom.